The Hall–Kier alpha value is -4.96. The van der Waals surface area contributed by atoms with Gasteiger partial charge < -0.3 is 14.8 Å². The van der Waals surface area contributed by atoms with Crippen LogP contribution in [0.15, 0.2) is 95.2 Å². The Morgan fingerprint density at radius 3 is 2.66 bits per heavy atom. The maximum absolute atomic E-state index is 12.9. The van der Waals surface area contributed by atoms with E-state index in [0.29, 0.717) is 38.8 Å². The van der Waals surface area contributed by atoms with Crippen molar-refractivity contribution in [2.45, 2.75) is 0 Å². The first-order valence-electron chi connectivity index (χ1n) is 11.4. The molecule has 0 radical (unpaired) electrons. The molecule has 3 aromatic carbocycles. The van der Waals surface area contributed by atoms with Crippen LogP contribution in [-0.2, 0) is 4.79 Å². The predicted molar refractivity (Wildman–Crippen MR) is 145 cm³/mol. The molecule has 0 aliphatic carbocycles. The number of hydrogen-bond donors (Lipinski definition) is 1. The molecule has 5 rings (SSSR count). The third-order valence-corrected chi connectivity index (χ3v) is 5.83. The lowest BCUT2D eigenvalue weighted by Crippen LogP contribution is -2.20. The largest absolute Gasteiger partial charge is 0.493 e. The molecular weight excluding hydrogens is 508 g/mol. The molecule has 1 N–H and O–H groups in total. The van der Waals surface area contributed by atoms with Crippen molar-refractivity contribution in [2.24, 2.45) is 5.10 Å². The number of hydrogen-bond acceptors (Lipinski definition) is 7. The van der Waals surface area contributed by atoms with Gasteiger partial charge in [0.05, 0.1) is 35.9 Å². The van der Waals surface area contributed by atoms with E-state index >= 15 is 0 Å². The molecule has 0 atom stereocenters. The number of rotatable bonds is 8. The SMILES string of the molecule is COc1cc(C=Nn2cnc3c(cnn3-c3ccccc3)c2=O)ccc1OCC(=O)Nc1ccccc1Cl. The lowest BCUT2D eigenvalue weighted by Gasteiger charge is -2.12. The third kappa shape index (κ3) is 5.25. The molecule has 0 bridgehead atoms. The minimum absolute atomic E-state index is 0.243. The number of halogens is 1. The minimum atomic E-state index is -0.372. The van der Waals surface area contributed by atoms with E-state index in [9.17, 15) is 9.59 Å². The Labute approximate surface area is 221 Å². The lowest BCUT2D eigenvalue weighted by atomic mass is 10.2. The molecule has 1 amide bonds. The van der Waals surface area contributed by atoms with Crippen molar-refractivity contribution in [3.63, 3.8) is 0 Å². The fourth-order valence-electron chi connectivity index (χ4n) is 3.65. The van der Waals surface area contributed by atoms with Gasteiger partial charge in [0.25, 0.3) is 11.5 Å². The zero-order chi connectivity index (χ0) is 26.5. The average molecular weight is 529 g/mol. The van der Waals surface area contributed by atoms with Gasteiger partial charge in [0.1, 0.15) is 11.7 Å². The van der Waals surface area contributed by atoms with Crippen LogP contribution >= 0.6 is 11.6 Å². The van der Waals surface area contributed by atoms with Gasteiger partial charge >= 0.3 is 0 Å². The molecule has 0 aliphatic rings. The molecule has 11 heteroatoms. The second kappa shape index (κ2) is 11.0. The van der Waals surface area contributed by atoms with Crippen molar-refractivity contribution in [1.29, 1.82) is 0 Å². The number of methoxy groups -OCH3 is 1. The summed E-state index contributed by atoms with van der Waals surface area (Å²) < 4.78 is 13.8. The van der Waals surface area contributed by atoms with Crippen molar-refractivity contribution >= 4 is 40.4 Å². The Morgan fingerprint density at radius 1 is 1.08 bits per heavy atom. The number of carbonyl (C=O) groups is 1. The average Bonchev–Trinajstić information content (AvgIpc) is 3.38. The number of ether oxygens (including phenoxy) is 2. The molecule has 0 saturated carbocycles. The summed E-state index contributed by atoms with van der Waals surface area (Å²) in [5.41, 5.74) is 2.02. The highest BCUT2D eigenvalue weighted by atomic mass is 35.5. The number of amides is 1. The quantitative estimate of drug-likeness (QED) is 0.303. The van der Waals surface area contributed by atoms with Crippen molar-refractivity contribution < 1.29 is 14.3 Å². The third-order valence-electron chi connectivity index (χ3n) is 5.50. The van der Waals surface area contributed by atoms with Crippen LogP contribution in [0.25, 0.3) is 16.7 Å². The predicted octanol–water partition coefficient (Wildman–Crippen LogP) is 4.14. The zero-order valence-corrected chi connectivity index (χ0v) is 20.9. The number of fused-ring (bicyclic) bond motifs is 1. The number of para-hydroxylation sites is 2. The van der Waals surface area contributed by atoms with E-state index in [2.05, 4.69) is 20.5 Å². The molecule has 0 unspecified atom stereocenters. The summed E-state index contributed by atoms with van der Waals surface area (Å²) in [4.78, 5) is 29.6. The topological polar surface area (TPSA) is 113 Å². The molecular formula is C27H21ClN6O4. The van der Waals surface area contributed by atoms with Crippen molar-refractivity contribution in [3.05, 3.63) is 106 Å². The normalized spacial score (nSPS) is 11.1. The summed E-state index contributed by atoms with van der Waals surface area (Å²) in [5, 5.41) is 12.0. The maximum atomic E-state index is 12.9. The smallest absolute Gasteiger partial charge is 0.285 e. The Kier molecular flexibility index (Phi) is 7.14. The number of benzene rings is 3. The molecule has 38 heavy (non-hydrogen) atoms. The van der Waals surface area contributed by atoms with Crippen LogP contribution in [-0.4, -0.2) is 45.3 Å². The highest BCUT2D eigenvalue weighted by Gasteiger charge is 2.12. The summed E-state index contributed by atoms with van der Waals surface area (Å²) >= 11 is 6.07. The fraction of sp³-hybridized carbons (Fsp3) is 0.0741. The highest BCUT2D eigenvalue weighted by molar-refractivity contribution is 6.33. The number of nitrogens with one attached hydrogen (secondary N) is 1. The van der Waals surface area contributed by atoms with Crippen molar-refractivity contribution in [2.75, 3.05) is 19.0 Å². The van der Waals surface area contributed by atoms with E-state index in [4.69, 9.17) is 21.1 Å². The number of anilines is 1. The van der Waals surface area contributed by atoms with Gasteiger partial charge in [-0.3, -0.25) is 9.59 Å². The highest BCUT2D eigenvalue weighted by Crippen LogP contribution is 2.28. The van der Waals surface area contributed by atoms with Crippen LogP contribution in [0, 0.1) is 0 Å². The van der Waals surface area contributed by atoms with Crippen molar-refractivity contribution in [1.82, 2.24) is 19.4 Å². The maximum Gasteiger partial charge on any atom is 0.285 e. The molecule has 5 aromatic rings. The molecule has 0 aliphatic heterocycles. The first-order valence-corrected chi connectivity index (χ1v) is 11.8. The summed E-state index contributed by atoms with van der Waals surface area (Å²) in [6.07, 6.45) is 4.31. The summed E-state index contributed by atoms with van der Waals surface area (Å²) in [7, 11) is 1.49. The van der Waals surface area contributed by atoms with Gasteiger partial charge in [0.15, 0.2) is 23.8 Å². The van der Waals surface area contributed by atoms with E-state index < -0.39 is 0 Å². The van der Waals surface area contributed by atoms with Gasteiger partial charge in [0, 0.05) is 0 Å². The molecule has 10 nitrogen and oxygen atoms in total. The van der Waals surface area contributed by atoms with Crippen LogP contribution < -0.4 is 20.3 Å². The van der Waals surface area contributed by atoms with Crippen LogP contribution in [0.1, 0.15) is 5.56 Å². The fourth-order valence-corrected chi connectivity index (χ4v) is 3.83. The summed E-state index contributed by atoms with van der Waals surface area (Å²) in [6.45, 7) is -0.243. The monoisotopic (exact) mass is 528 g/mol. The number of carbonyl (C=O) groups excluding carboxylic acids is 1. The van der Waals surface area contributed by atoms with Crippen LogP contribution in [0.5, 0.6) is 11.5 Å². The second-order valence-corrected chi connectivity index (χ2v) is 8.40. The molecule has 190 valence electrons. The van der Waals surface area contributed by atoms with Crippen LogP contribution in [0.2, 0.25) is 5.02 Å². The van der Waals surface area contributed by atoms with Gasteiger partial charge in [-0.2, -0.15) is 14.9 Å². The van der Waals surface area contributed by atoms with Gasteiger partial charge in [-0.05, 0) is 48.0 Å². The first-order chi connectivity index (χ1) is 18.5. The first kappa shape index (κ1) is 24.7. The molecule has 2 heterocycles. The van der Waals surface area contributed by atoms with Crippen molar-refractivity contribution in [3.8, 4) is 17.2 Å². The molecule has 2 aromatic heterocycles. The summed E-state index contributed by atoms with van der Waals surface area (Å²) in [5.74, 6) is 0.390. The van der Waals surface area contributed by atoms with Gasteiger partial charge in [-0.1, -0.05) is 41.9 Å². The lowest BCUT2D eigenvalue weighted by molar-refractivity contribution is -0.118. The summed E-state index contributed by atoms with van der Waals surface area (Å²) in [6, 6.07) is 21.4. The molecule has 0 spiro atoms. The Bertz CT molecular complexity index is 1700. The van der Waals surface area contributed by atoms with Crippen LogP contribution in [0.3, 0.4) is 0 Å². The minimum Gasteiger partial charge on any atom is -0.493 e. The van der Waals surface area contributed by atoms with E-state index in [0.717, 1.165) is 10.4 Å². The van der Waals surface area contributed by atoms with Gasteiger partial charge in [-0.15, -0.1) is 0 Å². The van der Waals surface area contributed by atoms with E-state index in [-0.39, 0.29) is 18.1 Å². The van der Waals surface area contributed by atoms with Crippen LogP contribution in [0.4, 0.5) is 5.69 Å². The molecule has 0 saturated heterocycles. The van der Waals surface area contributed by atoms with E-state index in [1.165, 1.54) is 25.8 Å². The number of aromatic nitrogens is 4. The number of nitrogens with zero attached hydrogens (tertiary/aromatic N) is 5. The van der Waals surface area contributed by atoms with Gasteiger partial charge in [0.2, 0.25) is 0 Å². The van der Waals surface area contributed by atoms with E-state index in [1.54, 1.807) is 47.1 Å². The standard InChI is InChI=1S/C27H21ClN6O4/c1-37-24-13-18(11-12-23(24)38-16-25(35)32-22-10-6-5-9-21(22)28)14-30-33-17-29-26-20(27(33)36)15-31-34(26)19-7-3-2-4-8-19/h2-15,17H,16H2,1H3,(H,32,35). The van der Waals surface area contributed by atoms with Gasteiger partial charge in [-0.25, -0.2) is 9.67 Å². The zero-order valence-electron chi connectivity index (χ0n) is 20.1. The Balaban J connectivity index is 1.30. The Morgan fingerprint density at radius 2 is 1.87 bits per heavy atom. The second-order valence-electron chi connectivity index (χ2n) is 8.00. The molecule has 0 fully saturated rings. The van der Waals surface area contributed by atoms with E-state index in [1.807, 2.05) is 30.3 Å².